The van der Waals surface area contributed by atoms with Crippen LogP contribution in [-0.4, -0.2) is 16.7 Å². The summed E-state index contributed by atoms with van der Waals surface area (Å²) in [4.78, 5) is 4.37. The molecule has 0 bridgehead atoms. The van der Waals surface area contributed by atoms with Gasteiger partial charge >= 0.3 is 0 Å². The number of nitrogens with zero attached hydrogens (tertiary/aromatic N) is 2. The Morgan fingerprint density at radius 1 is 1.29 bits per heavy atom. The van der Waals surface area contributed by atoms with Gasteiger partial charge in [0.05, 0.1) is 0 Å². The molecule has 0 amide bonds. The van der Waals surface area contributed by atoms with Crippen molar-refractivity contribution >= 4 is 0 Å². The summed E-state index contributed by atoms with van der Waals surface area (Å²) in [5, 5.41) is 3.96. The molecule has 2 aromatic rings. The molecule has 2 N–H and O–H groups in total. The molecule has 4 nitrogen and oxygen atoms in total. The molecule has 0 aliphatic heterocycles. The first-order valence-electron chi connectivity index (χ1n) is 7.20. The van der Waals surface area contributed by atoms with E-state index in [0.29, 0.717) is 30.2 Å². The highest BCUT2D eigenvalue weighted by Gasteiger charge is 2.19. The van der Waals surface area contributed by atoms with Crippen molar-refractivity contribution in [3.05, 3.63) is 35.5 Å². The first kappa shape index (κ1) is 15.6. The van der Waals surface area contributed by atoms with E-state index in [4.69, 9.17) is 10.3 Å². The van der Waals surface area contributed by atoms with E-state index in [1.807, 2.05) is 6.92 Å². The molecule has 2 rings (SSSR count). The summed E-state index contributed by atoms with van der Waals surface area (Å²) in [5.41, 5.74) is 7.35. The van der Waals surface area contributed by atoms with Crippen LogP contribution in [0.2, 0.25) is 0 Å². The van der Waals surface area contributed by atoms with E-state index in [9.17, 15) is 4.39 Å². The van der Waals surface area contributed by atoms with Crippen LogP contribution in [0.15, 0.2) is 22.7 Å². The number of hydrogen-bond acceptors (Lipinski definition) is 4. The smallest absolute Gasteiger partial charge is 0.226 e. The van der Waals surface area contributed by atoms with Gasteiger partial charge in [0.2, 0.25) is 11.7 Å². The Hall–Kier alpha value is -1.75. The lowest BCUT2D eigenvalue weighted by atomic mass is 9.84. The number of aryl methyl sites for hydroxylation is 2. The fourth-order valence-electron chi connectivity index (χ4n) is 2.26. The van der Waals surface area contributed by atoms with Crippen molar-refractivity contribution in [3.63, 3.8) is 0 Å². The van der Waals surface area contributed by atoms with Crippen LogP contribution in [0.4, 0.5) is 4.39 Å². The van der Waals surface area contributed by atoms with Crippen molar-refractivity contribution in [2.75, 3.05) is 6.54 Å². The maximum atomic E-state index is 13.3. The number of halogens is 1. The molecule has 0 saturated carbocycles. The first-order valence-corrected chi connectivity index (χ1v) is 7.20. The van der Waals surface area contributed by atoms with Crippen LogP contribution in [0.25, 0.3) is 11.4 Å². The zero-order chi connectivity index (χ0) is 15.5. The van der Waals surface area contributed by atoms with E-state index >= 15 is 0 Å². The highest BCUT2D eigenvalue weighted by molar-refractivity contribution is 5.59. The summed E-state index contributed by atoms with van der Waals surface area (Å²) in [7, 11) is 0. The van der Waals surface area contributed by atoms with Gasteiger partial charge in [-0.05, 0) is 49.4 Å². The number of rotatable bonds is 6. The van der Waals surface area contributed by atoms with E-state index in [0.717, 1.165) is 18.4 Å². The number of hydrogen-bond donors (Lipinski definition) is 1. The van der Waals surface area contributed by atoms with E-state index in [2.05, 4.69) is 24.0 Å². The molecule has 0 fully saturated rings. The van der Waals surface area contributed by atoms with Crippen LogP contribution < -0.4 is 5.73 Å². The Bertz CT molecular complexity index is 607. The molecule has 0 spiro atoms. The molecule has 0 unspecified atom stereocenters. The molecule has 1 aromatic heterocycles. The van der Waals surface area contributed by atoms with Crippen molar-refractivity contribution in [1.82, 2.24) is 10.1 Å². The Kier molecular flexibility index (Phi) is 4.73. The Morgan fingerprint density at radius 2 is 2.05 bits per heavy atom. The highest BCUT2D eigenvalue weighted by Crippen LogP contribution is 2.27. The summed E-state index contributed by atoms with van der Waals surface area (Å²) < 4.78 is 18.6. The average molecular weight is 291 g/mol. The van der Waals surface area contributed by atoms with Crippen molar-refractivity contribution in [2.24, 2.45) is 11.1 Å². The monoisotopic (exact) mass is 291 g/mol. The zero-order valence-electron chi connectivity index (χ0n) is 12.8. The van der Waals surface area contributed by atoms with E-state index in [1.54, 1.807) is 6.07 Å². The van der Waals surface area contributed by atoms with Gasteiger partial charge in [-0.1, -0.05) is 25.1 Å². The molecule has 1 heterocycles. The van der Waals surface area contributed by atoms with Crippen LogP contribution in [0.1, 0.15) is 38.1 Å². The predicted octanol–water partition coefficient (Wildman–Crippen LogP) is 3.49. The molecular formula is C16H22FN3O. The molecule has 1 aromatic carbocycles. The van der Waals surface area contributed by atoms with E-state index in [-0.39, 0.29) is 11.2 Å². The highest BCUT2D eigenvalue weighted by atomic mass is 19.1. The lowest BCUT2D eigenvalue weighted by molar-refractivity contribution is 0.289. The minimum absolute atomic E-state index is 0.151. The SMILES string of the molecule is Cc1ccc(F)cc1-c1noc(CCC(C)(C)CCN)n1. The van der Waals surface area contributed by atoms with Gasteiger partial charge in [-0.2, -0.15) is 4.98 Å². The molecule has 0 aliphatic rings. The molecule has 0 atom stereocenters. The van der Waals surface area contributed by atoms with Gasteiger partial charge in [0.25, 0.3) is 0 Å². The minimum Gasteiger partial charge on any atom is -0.339 e. The maximum Gasteiger partial charge on any atom is 0.226 e. The second-order valence-electron chi connectivity index (χ2n) is 6.17. The van der Waals surface area contributed by atoms with Crippen LogP contribution in [0.3, 0.4) is 0 Å². The van der Waals surface area contributed by atoms with Gasteiger partial charge in [0, 0.05) is 12.0 Å². The van der Waals surface area contributed by atoms with Gasteiger partial charge in [-0.3, -0.25) is 0 Å². The van der Waals surface area contributed by atoms with Crippen LogP contribution in [0, 0.1) is 18.2 Å². The van der Waals surface area contributed by atoms with Gasteiger partial charge in [0.1, 0.15) is 5.82 Å². The Balaban J connectivity index is 2.10. The standard InChI is InChI=1S/C16H22FN3O/c1-11-4-5-12(17)10-13(11)15-19-14(21-20-15)6-7-16(2,3)8-9-18/h4-5,10H,6-9,18H2,1-3H3. The third-order valence-corrected chi connectivity index (χ3v) is 3.75. The molecule has 5 heteroatoms. The van der Waals surface area contributed by atoms with Crippen LogP contribution in [-0.2, 0) is 6.42 Å². The predicted molar refractivity (Wildman–Crippen MR) is 80.2 cm³/mol. The van der Waals surface area contributed by atoms with Gasteiger partial charge in [0.15, 0.2) is 0 Å². The summed E-state index contributed by atoms with van der Waals surface area (Å²) in [6.07, 6.45) is 2.58. The minimum atomic E-state index is -0.300. The van der Waals surface area contributed by atoms with Gasteiger partial charge in [-0.15, -0.1) is 0 Å². The Labute approximate surface area is 124 Å². The van der Waals surface area contributed by atoms with Crippen LogP contribution >= 0.6 is 0 Å². The van der Waals surface area contributed by atoms with Crippen molar-refractivity contribution < 1.29 is 8.91 Å². The van der Waals surface area contributed by atoms with E-state index in [1.165, 1.54) is 12.1 Å². The van der Waals surface area contributed by atoms with Crippen molar-refractivity contribution in [1.29, 1.82) is 0 Å². The number of nitrogens with two attached hydrogens (primary N) is 1. The second-order valence-corrected chi connectivity index (χ2v) is 6.17. The van der Waals surface area contributed by atoms with Crippen molar-refractivity contribution in [3.8, 4) is 11.4 Å². The summed E-state index contributed by atoms with van der Waals surface area (Å²) >= 11 is 0. The Morgan fingerprint density at radius 3 is 2.76 bits per heavy atom. The normalized spacial score (nSPS) is 11.9. The summed E-state index contributed by atoms with van der Waals surface area (Å²) in [6, 6.07) is 4.57. The largest absolute Gasteiger partial charge is 0.339 e. The maximum absolute atomic E-state index is 13.3. The molecular weight excluding hydrogens is 269 g/mol. The molecule has 21 heavy (non-hydrogen) atoms. The summed E-state index contributed by atoms with van der Waals surface area (Å²) in [6.45, 7) is 6.92. The van der Waals surface area contributed by atoms with Crippen molar-refractivity contribution in [2.45, 2.75) is 40.0 Å². The molecule has 0 radical (unpaired) electrons. The second kappa shape index (κ2) is 6.35. The third-order valence-electron chi connectivity index (χ3n) is 3.75. The fourth-order valence-corrected chi connectivity index (χ4v) is 2.26. The van der Waals surface area contributed by atoms with E-state index < -0.39 is 0 Å². The molecule has 0 saturated heterocycles. The van der Waals surface area contributed by atoms with Crippen LogP contribution in [0.5, 0.6) is 0 Å². The lowest BCUT2D eigenvalue weighted by Gasteiger charge is -2.22. The zero-order valence-corrected chi connectivity index (χ0v) is 12.8. The number of aromatic nitrogens is 2. The lowest BCUT2D eigenvalue weighted by Crippen LogP contribution is -2.17. The number of benzene rings is 1. The fraction of sp³-hybridized carbons (Fsp3) is 0.500. The summed E-state index contributed by atoms with van der Waals surface area (Å²) in [5.74, 6) is 0.725. The third kappa shape index (κ3) is 4.11. The average Bonchev–Trinajstić information content (AvgIpc) is 2.88. The topological polar surface area (TPSA) is 64.9 Å². The first-order chi connectivity index (χ1) is 9.91. The quantitative estimate of drug-likeness (QED) is 0.884. The van der Waals surface area contributed by atoms with Gasteiger partial charge in [-0.25, -0.2) is 4.39 Å². The molecule has 0 aliphatic carbocycles. The van der Waals surface area contributed by atoms with Gasteiger partial charge < -0.3 is 10.3 Å². The molecule has 114 valence electrons.